The van der Waals surface area contributed by atoms with Gasteiger partial charge >= 0.3 is 5.97 Å². The Morgan fingerprint density at radius 2 is 2.03 bits per heavy atom. The number of nitrogens with zero attached hydrogens (tertiary/aromatic N) is 2. The van der Waals surface area contributed by atoms with Crippen molar-refractivity contribution in [2.24, 2.45) is 11.8 Å². The van der Waals surface area contributed by atoms with E-state index >= 15 is 0 Å². The Balaban J connectivity index is 1.98. The van der Waals surface area contributed by atoms with E-state index in [9.17, 15) is 19.5 Å². The summed E-state index contributed by atoms with van der Waals surface area (Å²) in [4.78, 5) is 44.1. The fourth-order valence-corrected chi connectivity index (χ4v) is 6.10. The first-order chi connectivity index (χ1) is 15.8. The topological polar surface area (TPSA) is 96.4 Å². The van der Waals surface area contributed by atoms with Crippen LogP contribution in [0.3, 0.4) is 0 Å². The van der Waals surface area contributed by atoms with Gasteiger partial charge in [-0.25, -0.2) is 0 Å². The number of hydrogen-bond donors (Lipinski definition) is 1. The van der Waals surface area contributed by atoms with Gasteiger partial charge in [0.2, 0.25) is 11.8 Å². The van der Waals surface area contributed by atoms with Crippen molar-refractivity contribution >= 4 is 17.8 Å². The second-order valence-electron chi connectivity index (χ2n) is 9.72. The van der Waals surface area contributed by atoms with Crippen LogP contribution in [0.5, 0.6) is 0 Å². The molecule has 5 atom stereocenters. The lowest BCUT2D eigenvalue weighted by Gasteiger charge is -2.37. The molecule has 0 saturated carbocycles. The maximum absolute atomic E-state index is 14.0. The second kappa shape index (κ2) is 10.6. The number of carbonyl (C=O) groups is 3. The van der Waals surface area contributed by atoms with E-state index in [0.29, 0.717) is 45.3 Å². The van der Waals surface area contributed by atoms with Crippen LogP contribution in [0.1, 0.15) is 65.7 Å². The van der Waals surface area contributed by atoms with Gasteiger partial charge in [-0.05, 0) is 46.0 Å². The zero-order valence-corrected chi connectivity index (χ0v) is 20.4. The number of carbonyl (C=O) groups excluding carboxylic acids is 3. The molecule has 3 heterocycles. The number of fused-ring (bicyclic) bond motifs is 1. The minimum atomic E-state index is -1.02. The highest BCUT2D eigenvalue weighted by Crippen LogP contribution is 2.63. The van der Waals surface area contributed by atoms with Gasteiger partial charge in [0, 0.05) is 26.2 Å². The van der Waals surface area contributed by atoms with E-state index in [1.54, 1.807) is 22.8 Å². The third-order valence-corrected chi connectivity index (χ3v) is 7.55. The predicted octanol–water partition coefficient (Wildman–Crippen LogP) is 2.29. The molecule has 2 bridgehead atoms. The Hall–Kier alpha value is -1.93. The quantitative estimate of drug-likeness (QED) is 0.255. The number of likely N-dealkylation sites (tertiary alicyclic amines) is 1. The standard InChI is InChI=1S/C25H40N2O6/c1-5-8-9-15-26(14-6-2)22(30)20-25-13-12-24(4,33-25)19(23(31)32-7-3)18(25)21(29)27(20)16-10-11-17-28/h6,18-20,28H,2,5,7-17H2,1,3-4H3/t18-,19-,20?,24+,25?/m0/s1. The number of ether oxygens (including phenoxy) is 2. The fourth-order valence-electron chi connectivity index (χ4n) is 6.10. The zero-order valence-electron chi connectivity index (χ0n) is 20.4. The lowest BCUT2D eigenvalue weighted by atomic mass is 9.66. The molecule has 1 N–H and O–H groups in total. The third kappa shape index (κ3) is 4.44. The summed E-state index contributed by atoms with van der Waals surface area (Å²) < 4.78 is 11.9. The summed E-state index contributed by atoms with van der Waals surface area (Å²) in [7, 11) is 0. The molecular weight excluding hydrogens is 424 g/mol. The Bertz CT molecular complexity index is 757. The molecule has 0 aliphatic carbocycles. The predicted molar refractivity (Wildman–Crippen MR) is 123 cm³/mol. The molecule has 1 spiro atoms. The largest absolute Gasteiger partial charge is 0.466 e. The van der Waals surface area contributed by atoms with E-state index in [4.69, 9.17) is 9.47 Å². The van der Waals surface area contributed by atoms with Crippen molar-refractivity contribution in [2.45, 2.75) is 83.0 Å². The zero-order chi connectivity index (χ0) is 24.2. The molecule has 33 heavy (non-hydrogen) atoms. The highest BCUT2D eigenvalue weighted by atomic mass is 16.6. The Morgan fingerprint density at radius 1 is 1.27 bits per heavy atom. The molecule has 3 rings (SSSR count). The molecule has 0 aromatic rings. The van der Waals surface area contributed by atoms with Crippen molar-refractivity contribution < 1.29 is 29.0 Å². The van der Waals surface area contributed by atoms with Crippen molar-refractivity contribution in [3.63, 3.8) is 0 Å². The monoisotopic (exact) mass is 464 g/mol. The molecular formula is C25H40N2O6. The maximum atomic E-state index is 14.0. The SMILES string of the molecule is C=CCN(CCCCC)C(=O)C1N(CCCCO)C(=O)[C@@H]2[C@@H](C(=O)OCC)[C@@]3(C)CCC12O3. The molecule has 0 radical (unpaired) electrons. The smallest absolute Gasteiger partial charge is 0.312 e. The van der Waals surface area contributed by atoms with E-state index in [1.165, 1.54) is 0 Å². The molecule has 0 aromatic heterocycles. The van der Waals surface area contributed by atoms with Crippen LogP contribution in [-0.2, 0) is 23.9 Å². The van der Waals surface area contributed by atoms with Gasteiger partial charge in [-0.1, -0.05) is 25.8 Å². The van der Waals surface area contributed by atoms with E-state index < -0.39 is 35.0 Å². The minimum Gasteiger partial charge on any atom is -0.466 e. The molecule has 8 nitrogen and oxygen atoms in total. The summed E-state index contributed by atoms with van der Waals surface area (Å²) >= 11 is 0. The van der Waals surface area contributed by atoms with Gasteiger partial charge < -0.3 is 24.4 Å². The van der Waals surface area contributed by atoms with Crippen molar-refractivity contribution in [3.05, 3.63) is 12.7 Å². The Morgan fingerprint density at radius 3 is 2.67 bits per heavy atom. The number of aliphatic hydroxyl groups is 1. The average molecular weight is 465 g/mol. The first-order valence-electron chi connectivity index (χ1n) is 12.5. The van der Waals surface area contributed by atoms with Gasteiger partial charge in [0.05, 0.1) is 18.1 Å². The third-order valence-electron chi connectivity index (χ3n) is 7.55. The van der Waals surface area contributed by atoms with Crippen LogP contribution in [0.15, 0.2) is 12.7 Å². The Kier molecular flexibility index (Phi) is 8.22. The molecule has 3 fully saturated rings. The number of amides is 2. The molecule has 2 amide bonds. The van der Waals surface area contributed by atoms with Crippen LogP contribution >= 0.6 is 0 Å². The van der Waals surface area contributed by atoms with Crippen LogP contribution in [-0.4, -0.2) is 82.8 Å². The van der Waals surface area contributed by atoms with Crippen LogP contribution in [0.4, 0.5) is 0 Å². The molecule has 0 aromatic carbocycles. The molecule has 3 aliphatic rings. The van der Waals surface area contributed by atoms with E-state index in [0.717, 1.165) is 19.3 Å². The van der Waals surface area contributed by atoms with Gasteiger partial charge in [0.15, 0.2) is 0 Å². The summed E-state index contributed by atoms with van der Waals surface area (Å²) in [5, 5.41) is 9.26. The summed E-state index contributed by atoms with van der Waals surface area (Å²) in [6.45, 7) is 11.1. The summed E-state index contributed by atoms with van der Waals surface area (Å²) in [5.74, 6) is -2.21. The number of aliphatic hydroxyl groups excluding tert-OH is 1. The highest BCUT2D eigenvalue weighted by Gasteiger charge is 2.78. The number of hydrogen-bond acceptors (Lipinski definition) is 6. The summed E-state index contributed by atoms with van der Waals surface area (Å²) in [6.07, 6.45) is 6.91. The molecule has 8 heteroatoms. The maximum Gasteiger partial charge on any atom is 0.312 e. The summed E-state index contributed by atoms with van der Waals surface area (Å²) in [5.41, 5.74) is -1.84. The lowest BCUT2D eigenvalue weighted by molar-refractivity contribution is -0.160. The molecule has 186 valence electrons. The number of esters is 1. The van der Waals surface area contributed by atoms with Crippen molar-refractivity contribution in [3.8, 4) is 0 Å². The normalized spacial score (nSPS) is 32.2. The molecule has 3 aliphatic heterocycles. The van der Waals surface area contributed by atoms with E-state index in [-0.39, 0.29) is 25.0 Å². The number of rotatable bonds is 13. The van der Waals surface area contributed by atoms with Crippen LogP contribution < -0.4 is 0 Å². The van der Waals surface area contributed by atoms with Gasteiger partial charge in [-0.2, -0.15) is 0 Å². The van der Waals surface area contributed by atoms with Crippen molar-refractivity contribution in [1.29, 1.82) is 0 Å². The molecule has 3 saturated heterocycles. The lowest BCUT2D eigenvalue weighted by Crippen LogP contribution is -2.56. The van der Waals surface area contributed by atoms with E-state index in [1.807, 2.05) is 6.92 Å². The first-order valence-corrected chi connectivity index (χ1v) is 12.5. The van der Waals surface area contributed by atoms with Crippen LogP contribution in [0.25, 0.3) is 0 Å². The first kappa shape index (κ1) is 25.7. The Labute approximate surface area is 197 Å². The van der Waals surface area contributed by atoms with Crippen LogP contribution in [0, 0.1) is 11.8 Å². The van der Waals surface area contributed by atoms with Gasteiger partial charge in [-0.15, -0.1) is 6.58 Å². The fraction of sp³-hybridized carbons (Fsp3) is 0.800. The highest BCUT2D eigenvalue weighted by molar-refractivity contribution is 5.98. The summed E-state index contributed by atoms with van der Waals surface area (Å²) in [6, 6.07) is -0.781. The average Bonchev–Trinajstić information content (AvgIpc) is 3.34. The molecule has 2 unspecified atom stereocenters. The minimum absolute atomic E-state index is 0.0227. The van der Waals surface area contributed by atoms with Crippen LogP contribution in [0.2, 0.25) is 0 Å². The van der Waals surface area contributed by atoms with E-state index in [2.05, 4.69) is 13.5 Å². The van der Waals surface area contributed by atoms with Gasteiger partial charge in [0.25, 0.3) is 0 Å². The number of unbranched alkanes of at least 4 members (excludes halogenated alkanes) is 3. The van der Waals surface area contributed by atoms with Gasteiger partial charge in [0.1, 0.15) is 17.6 Å². The van der Waals surface area contributed by atoms with Crippen molar-refractivity contribution in [1.82, 2.24) is 9.80 Å². The van der Waals surface area contributed by atoms with Crippen molar-refractivity contribution in [2.75, 3.05) is 32.8 Å². The van der Waals surface area contributed by atoms with Gasteiger partial charge in [-0.3, -0.25) is 14.4 Å². The second-order valence-corrected chi connectivity index (χ2v) is 9.72.